The lowest BCUT2D eigenvalue weighted by molar-refractivity contribution is -0.139. The number of ether oxygens (including phenoxy) is 4. The van der Waals surface area contributed by atoms with E-state index in [1.807, 2.05) is 0 Å². The van der Waals surface area contributed by atoms with Gasteiger partial charge in [-0.1, -0.05) is 19.1 Å². The van der Waals surface area contributed by atoms with Crippen LogP contribution in [0.25, 0.3) is 5.57 Å². The maximum absolute atomic E-state index is 13.9. The normalized spacial score (nSPS) is 18.8. The molecule has 13 heteroatoms. The largest absolute Gasteiger partial charge is 0.493 e. The zero-order valence-corrected chi connectivity index (χ0v) is 25.8. The van der Waals surface area contributed by atoms with Crippen molar-refractivity contribution in [1.82, 2.24) is 9.80 Å². The lowest BCUT2D eigenvalue weighted by Crippen LogP contribution is -2.64. The van der Waals surface area contributed by atoms with Gasteiger partial charge in [-0.15, -0.1) is 0 Å². The Hall–Kier alpha value is -4.42. The Bertz CT molecular complexity index is 1460. The monoisotopic (exact) mass is 634 g/mol. The number of benzene rings is 2. The second-order valence-electron chi connectivity index (χ2n) is 12.0. The van der Waals surface area contributed by atoms with Crippen molar-refractivity contribution >= 4 is 23.7 Å². The molecule has 2 aromatic carbocycles. The van der Waals surface area contributed by atoms with E-state index in [-0.39, 0.29) is 50.8 Å². The number of rotatable bonds is 9. The standard InChI is InChI=1S/C32H37F3N2O8/c1-6-42-29(38)26-22(13-20-14-36(31(41)45-32(3,4)5)15-25(26)37(20)30(39)40)19-7-9-21(10-8-19)43-16-18(2)17-44-28-24(34)12-11-23(33)27(28)35/h7-12,18,20,25H,6,13-17H2,1-5H3,(H,39,40)/t18-,20-,25-/m0/s1. The van der Waals surface area contributed by atoms with Crippen molar-refractivity contribution < 1.29 is 51.6 Å². The summed E-state index contributed by atoms with van der Waals surface area (Å²) in [5.74, 6) is -4.94. The van der Waals surface area contributed by atoms with Gasteiger partial charge in [-0.2, -0.15) is 4.39 Å². The summed E-state index contributed by atoms with van der Waals surface area (Å²) in [6, 6.07) is 6.69. The number of piperazine rings is 1. The first kappa shape index (κ1) is 33.5. The molecule has 1 fully saturated rings. The summed E-state index contributed by atoms with van der Waals surface area (Å²) in [4.78, 5) is 41.2. The highest BCUT2D eigenvalue weighted by Crippen LogP contribution is 2.39. The van der Waals surface area contributed by atoms with E-state index in [0.29, 0.717) is 23.0 Å². The average Bonchev–Trinajstić information content (AvgIpc) is 2.96. The van der Waals surface area contributed by atoms with Crippen molar-refractivity contribution in [3.8, 4) is 11.5 Å². The molecule has 0 unspecified atom stereocenters. The number of nitrogens with zero attached hydrogens (tertiary/aromatic N) is 2. The van der Waals surface area contributed by atoms with E-state index in [1.165, 1.54) is 9.80 Å². The molecule has 1 saturated heterocycles. The van der Waals surface area contributed by atoms with Crippen LogP contribution >= 0.6 is 0 Å². The molecule has 0 saturated carbocycles. The highest BCUT2D eigenvalue weighted by molar-refractivity contribution is 6.00. The molecule has 244 valence electrons. The molecule has 2 aliphatic rings. The van der Waals surface area contributed by atoms with Crippen molar-refractivity contribution in [3.63, 3.8) is 0 Å². The molecular weight excluding hydrogens is 597 g/mol. The number of carbonyl (C=O) groups is 3. The molecule has 1 N–H and O–H groups in total. The van der Waals surface area contributed by atoms with Crippen LogP contribution in [0.15, 0.2) is 42.0 Å². The van der Waals surface area contributed by atoms with Crippen molar-refractivity contribution in [2.45, 2.75) is 58.7 Å². The Labute approximate surface area is 259 Å². The molecule has 2 aliphatic heterocycles. The van der Waals surface area contributed by atoms with Gasteiger partial charge in [-0.3, -0.25) is 4.90 Å². The molecule has 0 aliphatic carbocycles. The molecule has 0 spiro atoms. The van der Waals surface area contributed by atoms with Crippen LogP contribution < -0.4 is 9.47 Å². The zero-order chi connectivity index (χ0) is 33.1. The third kappa shape index (κ3) is 7.81. The summed E-state index contributed by atoms with van der Waals surface area (Å²) in [7, 11) is 0. The van der Waals surface area contributed by atoms with Gasteiger partial charge in [0.15, 0.2) is 17.4 Å². The third-order valence-electron chi connectivity index (χ3n) is 7.27. The van der Waals surface area contributed by atoms with E-state index >= 15 is 0 Å². The molecule has 10 nitrogen and oxygen atoms in total. The Kier molecular flexibility index (Phi) is 10.2. The van der Waals surface area contributed by atoms with E-state index in [1.54, 1.807) is 58.9 Å². The van der Waals surface area contributed by atoms with Crippen molar-refractivity contribution in [2.24, 2.45) is 5.92 Å². The lowest BCUT2D eigenvalue weighted by Gasteiger charge is -2.49. The minimum Gasteiger partial charge on any atom is -0.493 e. The van der Waals surface area contributed by atoms with Gasteiger partial charge in [0, 0.05) is 19.0 Å². The maximum Gasteiger partial charge on any atom is 0.410 e. The van der Waals surface area contributed by atoms with Crippen LogP contribution in [0.2, 0.25) is 0 Å². The Morgan fingerprint density at radius 1 is 0.978 bits per heavy atom. The average molecular weight is 635 g/mol. The summed E-state index contributed by atoms with van der Waals surface area (Å²) in [6.45, 7) is 8.64. The second-order valence-corrected chi connectivity index (χ2v) is 12.0. The first-order chi connectivity index (χ1) is 21.2. The predicted molar refractivity (Wildman–Crippen MR) is 156 cm³/mol. The SMILES string of the molecule is CCOC(=O)C1=C(c2ccc(OC[C@H](C)COc3c(F)ccc(F)c3F)cc2)C[C@H]2CN(C(=O)OC(C)(C)C)C[C@@H]1N2C(=O)O. The molecule has 3 atom stereocenters. The number of hydrogen-bond donors (Lipinski definition) is 1. The fourth-order valence-electron chi connectivity index (χ4n) is 5.32. The zero-order valence-electron chi connectivity index (χ0n) is 25.8. The van der Waals surface area contributed by atoms with Crippen LogP contribution in [0.1, 0.15) is 46.6 Å². The molecule has 4 rings (SSSR count). The summed E-state index contributed by atoms with van der Waals surface area (Å²) in [5, 5.41) is 10.1. The smallest absolute Gasteiger partial charge is 0.410 e. The van der Waals surface area contributed by atoms with Gasteiger partial charge in [-0.05, 0) is 69.5 Å². The fourth-order valence-corrected chi connectivity index (χ4v) is 5.32. The van der Waals surface area contributed by atoms with Crippen molar-refractivity contribution in [1.29, 1.82) is 0 Å². The fraction of sp³-hybridized carbons (Fsp3) is 0.469. The molecule has 2 bridgehead atoms. The van der Waals surface area contributed by atoms with E-state index in [4.69, 9.17) is 18.9 Å². The Morgan fingerprint density at radius 3 is 2.24 bits per heavy atom. The minimum absolute atomic E-state index is 0.0712. The molecular formula is C32H37F3N2O8. The molecule has 45 heavy (non-hydrogen) atoms. The number of amides is 2. The van der Waals surface area contributed by atoms with E-state index in [9.17, 15) is 32.7 Å². The molecule has 2 aromatic rings. The number of carboxylic acid groups (broad SMARTS) is 1. The van der Waals surface area contributed by atoms with Gasteiger partial charge in [0.2, 0.25) is 5.82 Å². The Balaban J connectivity index is 1.52. The number of carbonyl (C=O) groups excluding carboxylic acids is 2. The lowest BCUT2D eigenvalue weighted by atomic mass is 9.82. The summed E-state index contributed by atoms with van der Waals surface area (Å²) in [6.07, 6.45) is -1.65. The van der Waals surface area contributed by atoms with Crippen LogP contribution in [-0.2, 0) is 14.3 Å². The first-order valence-electron chi connectivity index (χ1n) is 14.6. The number of fused-ring (bicyclic) bond motifs is 2. The first-order valence-corrected chi connectivity index (χ1v) is 14.6. The summed E-state index contributed by atoms with van der Waals surface area (Å²) < 4.78 is 63.0. The van der Waals surface area contributed by atoms with Gasteiger partial charge in [0.05, 0.1) is 37.5 Å². The topological polar surface area (TPSA) is 115 Å². The highest BCUT2D eigenvalue weighted by Gasteiger charge is 2.48. The van der Waals surface area contributed by atoms with Gasteiger partial charge < -0.3 is 29.0 Å². The number of esters is 1. The predicted octanol–water partition coefficient (Wildman–Crippen LogP) is 5.89. The van der Waals surface area contributed by atoms with Gasteiger partial charge in [0.25, 0.3) is 0 Å². The highest BCUT2D eigenvalue weighted by atomic mass is 19.2. The van der Waals surface area contributed by atoms with Crippen LogP contribution in [-0.4, -0.2) is 83.7 Å². The van der Waals surface area contributed by atoms with Gasteiger partial charge >= 0.3 is 18.2 Å². The van der Waals surface area contributed by atoms with E-state index in [0.717, 1.165) is 6.07 Å². The summed E-state index contributed by atoms with van der Waals surface area (Å²) in [5.41, 5.74) is 0.661. The van der Waals surface area contributed by atoms with Crippen LogP contribution in [0.5, 0.6) is 11.5 Å². The quantitative estimate of drug-likeness (QED) is 0.269. The minimum atomic E-state index is -1.40. The second kappa shape index (κ2) is 13.7. The van der Waals surface area contributed by atoms with E-state index < -0.39 is 59.0 Å². The van der Waals surface area contributed by atoms with Crippen LogP contribution in [0.4, 0.5) is 22.8 Å². The molecule has 0 aromatic heterocycles. The van der Waals surface area contributed by atoms with Crippen molar-refractivity contribution in [2.75, 3.05) is 32.9 Å². The Morgan fingerprint density at radius 2 is 1.62 bits per heavy atom. The van der Waals surface area contributed by atoms with Crippen LogP contribution in [0, 0.1) is 23.4 Å². The molecule has 0 radical (unpaired) electrons. The maximum atomic E-state index is 13.9. The van der Waals surface area contributed by atoms with Gasteiger partial charge in [0.1, 0.15) is 11.4 Å². The molecule has 2 amide bonds. The number of hydrogen-bond acceptors (Lipinski definition) is 7. The molecule has 2 heterocycles. The third-order valence-corrected chi connectivity index (χ3v) is 7.27. The number of halogens is 3. The summed E-state index contributed by atoms with van der Waals surface area (Å²) >= 11 is 0. The van der Waals surface area contributed by atoms with Crippen LogP contribution in [0.3, 0.4) is 0 Å². The van der Waals surface area contributed by atoms with Gasteiger partial charge in [-0.25, -0.2) is 23.2 Å². The van der Waals surface area contributed by atoms with Crippen molar-refractivity contribution in [3.05, 3.63) is 65.0 Å². The van der Waals surface area contributed by atoms with E-state index in [2.05, 4.69) is 0 Å².